The van der Waals surface area contributed by atoms with Gasteiger partial charge in [-0.05, 0) is 53.0 Å². The van der Waals surface area contributed by atoms with Gasteiger partial charge in [0.15, 0.2) is 18.0 Å². The van der Waals surface area contributed by atoms with Crippen molar-refractivity contribution >= 4 is 27.0 Å². The number of rotatable bonds is 3. The van der Waals surface area contributed by atoms with E-state index in [9.17, 15) is 0 Å². The van der Waals surface area contributed by atoms with Crippen LogP contribution in [0.5, 0.6) is 0 Å². The molecule has 0 aliphatic rings. The second kappa shape index (κ2) is 6.87. The predicted molar refractivity (Wildman–Crippen MR) is 82.4 cm³/mol. The second-order valence-electron chi connectivity index (χ2n) is 4.75. The number of aromatic nitrogens is 2. The van der Waals surface area contributed by atoms with Gasteiger partial charge in [0.1, 0.15) is 17.6 Å². The van der Waals surface area contributed by atoms with E-state index in [1.54, 1.807) is 0 Å². The van der Waals surface area contributed by atoms with Gasteiger partial charge in [-0.25, -0.2) is 9.55 Å². The Balaban J connectivity index is 0.00000161. The quantitative estimate of drug-likeness (QED) is 0.435. The number of pyridine rings is 1. The molecule has 3 rings (SSSR count). The number of aryl methyl sites for hydroxylation is 2. The number of oxazole rings is 1. The Morgan fingerprint density at radius 1 is 1.19 bits per heavy atom. The summed E-state index contributed by atoms with van der Waals surface area (Å²) >= 11 is 3.53. The smallest absolute Gasteiger partial charge is 0.233 e. The lowest BCUT2D eigenvalue weighted by atomic mass is 10.1. The van der Waals surface area contributed by atoms with E-state index in [-0.39, 0.29) is 24.0 Å². The van der Waals surface area contributed by atoms with E-state index in [2.05, 4.69) is 57.7 Å². The standard InChI is InChI=1S/C16H16BrN2O.HI/c1-3-11-5-6-15-14(7-11)18-16(20-15)12-8-13(17)10-19(4-2)9-12;/h5-10H,3-4H2,1-2H3;1H/q+1;/p-1. The van der Waals surface area contributed by atoms with Crippen molar-refractivity contribution in [2.75, 3.05) is 0 Å². The molecular weight excluding hydrogens is 443 g/mol. The van der Waals surface area contributed by atoms with Gasteiger partial charge in [0.2, 0.25) is 5.89 Å². The van der Waals surface area contributed by atoms with E-state index in [4.69, 9.17) is 4.42 Å². The van der Waals surface area contributed by atoms with Crippen molar-refractivity contribution in [3.63, 3.8) is 0 Å². The van der Waals surface area contributed by atoms with Crippen molar-refractivity contribution in [3.8, 4) is 11.5 Å². The SMILES string of the molecule is CCc1ccc2oc(-c3cc(Br)c[n+](CC)c3)nc2c1.[I-]. The molecule has 2 aromatic heterocycles. The number of hydrogen-bond donors (Lipinski definition) is 0. The van der Waals surface area contributed by atoms with Gasteiger partial charge < -0.3 is 28.4 Å². The molecule has 0 saturated heterocycles. The third-order valence-corrected chi connectivity index (χ3v) is 3.79. The molecule has 2 heterocycles. The molecule has 0 aliphatic carbocycles. The van der Waals surface area contributed by atoms with E-state index < -0.39 is 0 Å². The molecule has 110 valence electrons. The molecule has 0 N–H and O–H groups in total. The third kappa shape index (κ3) is 3.45. The number of halogens is 2. The van der Waals surface area contributed by atoms with Gasteiger partial charge in [-0.1, -0.05) is 13.0 Å². The molecule has 0 atom stereocenters. The summed E-state index contributed by atoms with van der Waals surface area (Å²) in [6, 6.07) is 8.20. The van der Waals surface area contributed by atoms with Crippen molar-refractivity contribution in [2.45, 2.75) is 26.8 Å². The fourth-order valence-corrected chi connectivity index (χ4v) is 2.72. The molecule has 1 aromatic carbocycles. The van der Waals surface area contributed by atoms with Crippen molar-refractivity contribution in [1.29, 1.82) is 0 Å². The summed E-state index contributed by atoms with van der Waals surface area (Å²) in [5.41, 5.74) is 4.01. The molecule has 0 spiro atoms. The molecule has 0 radical (unpaired) electrons. The molecule has 0 fully saturated rings. The summed E-state index contributed by atoms with van der Waals surface area (Å²) in [5.74, 6) is 0.664. The van der Waals surface area contributed by atoms with E-state index in [1.165, 1.54) is 5.56 Å². The maximum atomic E-state index is 5.86. The molecule has 0 aliphatic heterocycles. The molecule has 0 amide bonds. The molecule has 5 heteroatoms. The molecule has 0 saturated carbocycles. The van der Waals surface area contributed by atoms with Crippen LogP contribution in [0.1, 0.15) is 19.4 Å². The summed E-state index contributed by atoms with van der Waals surface area (Å²) < 4.78 is 8.99. The Kier molecular flexibility index (Phi) is 5.37. The fourth-order valence-electron chi connectivity index (χ4n) is 2.21. The summed E-state index contributed by atoms with van der Waals surface area (Å²) in [5, 5.41) is 0. The van der Waals surface area contributed by atoms with Crippen molar-refractivity contribution in [2.24, 2.45) is 0 Å². The summed E-state index contributed by atoms with van der Waals surface area (Å²) in [6.07, 6.45) is 5.10. The normalized spacial score (nSPS) is 10.6. The van der Waals surface area contributed by atoms with Gasteiger partial charge in [-0.15, -0.1) is 0 Å². The summed E-state index contributed by atoms with van der Waals surface area (Å²) in [7, 11) is 0. The van der Waals surface area contributed by atoms with Crippen LogP contribution in [0.2, 0.25) is 0 Å². The highest BCUT2D eigenvalue weighted by Crippen LogP contribution is 2.25. The van der Waals surface area contributed by atoms with Crippen molar-refractivity contribution < 1.29 is 33.0 Å². The molecule has 0 bridgehead atoms. The second-order valence-corrected chi connectivity index (χ2v) is 5.66. The highest BCUT2D eigenvalue weighted by molar-refractivity contribution is 9.10. The van der Waals surface area contributed by atoms with Crippen molar-refractivity contribution in [1.82, 2.24) is 4.98 Å². The van der Waals surface area contributed by atoms with Crippen molar-refractivity contribution in [3.05, 3.63) is 46.7 Å². The first-order valence-corrected chi connectivity index (χ1v) is 7.58. The monoisotopic (exact) mass is 458 g/mol. The zero-order valence-electron chi connectivity index (χ0n) is 11.9. The van der Waals surface area contributed by atoms with Gasteiger partial charge in [-0.3, -0.25) is 0 Å². The van der Waals surface area contributed by atoms with Gasteiger partial charge in [0.05, 0.1) is 4.47 Å². The largest absolute Gasteiger partial charge is 1.00 e. The number of fused-ring (bicyclic) bond motifs is 1. The predicted octanol–water partition coefficient (Wildman–Crippen LogP) is 1.13. The van der Waals surface area contributed by atoms with Crippen LogP contribution in [0.25, 0.3) is 22.6 Å². The van der Waals surface area contributed by atoms with Crippen LogP contribution in [0.4, 0.5) is 0 Å². The summed E-state index contributed by atoms with van der Waals surface area (Å²) in [6.45, 7) is 5.16. The topological polar surface area (TPSA) is 29.9 Å². The van der Waals surface area contributed by atoms with Crippen LogP contribution >= 0.6 is 15.9 Å². The highest BCUT2D eigenvalue weighted by atomic mass is 127. The third-order valence-electron chi connectivity index (χ3n) is 3.36. The lowest BCUT2D eigenvalue weighted by Crippen LogP contribution is -3.00. The zero-order valence-corrected chi connectivity index (χ0v) is 15.7. The Morgan fingerprint density at radius 2 is 2.00 bits per heavy atom. The number of benzene rings is 1. The minimum Gasteiger partial charge on any atom is -1.00 e. The van der Waals surface area contributed by atoms with Crippen LogP contribution in [0.15, 0.2) is 45.5 Å². The molecule has 0 unspecified atom stereocenters. The fraction of sp³-hybridized carbons (Fsp3) is 0.250. The maximum absolute atomic E-state index is 5.86. The lowest BCUT2D eigenvalue weighted by Gasteiger charge is -1.96. The van der Waals surface area contributed by atoms with E-state index in [1.807, 2.05) is 18.3 Å². The average molecular weight is 459 g/mol. The molecule has 3 nitrogen and oxygen atoms in total. The van der Waals surface area contributed by atoms with Gasteiger partial charge in [-0.2, -0.15) is 0 Å². The first kappa shape index (κ1) is 16.4. The first-order chi connectivity index (χ1) is 9.69. The van der Waals surface area contributed by atoms with Gasteiger partial charge >= 0.3 is 0 Å². The zero-order chi connectivity index (χ0) is 14.1. The first-order valence-electron chi connectivity index (χ1n) is 6.79. The van der Waals surface area contributed by atoms with E-state index in [0.29, 0.717) is 5.89 Å². The highest BCUT2D eigenvalue weighted by Gasteiger charge is 2.13. The van der Waals surface area contributed by atoms with Gasteiger partial charge in [0.25, 0.3) is 0 Å². The Hall–Kier alpha value is -0.950. The molecular formula is C16H16BrIN2O. The minimum absolute atomic E-state index is 0. The van der Waals surface area contributed by atoms with Crippen LogP contribution in [-0.2, 0) is 13.0 Å². The lowest BCUT2D eigenvalue weighted by molar-refractivity contribution is -0.693. The van der Waals surface area contributed by atoms with E-state index >= 15 is 0 Å². The Morgan fingerprint density at radius 3 is 2.71 bits per heavy atom. The van der Waals surface area contributed by atoms with Crippen LogP contribution < -0.4 is 28.5 Å². The minimum atomic E-state index is 0. The molecule has 3 aromatic rings. The van der Waals surface area contributed by atoms with Gasteiger partial charge in [0, 0.05) is 0 Å². The Labute approximate surface area is 149 Å². The average Bonchev–Trinajstić information content (AvgIpc) is 2.89. The Bertz CT molecular complexity index is 770. The molecule has 21 heavy (non-hydrogen) atoms. The van der Waals surface area contributed by atoms with Crippen LogP contribution in [0.3, 0.4) is 0 Å². The summed E-state index contributed by atoms with van der Waals surface area (Å²) in [4.78, 5) is 4.61. The number of hydrogen-bond acceptors (Lipinski definition) is 2. The van der Waals surface area contributed by atoms with E-state index in [0.717, 1.165) is 34.1 Å². The van der Waals surface area contributed by atoms with Crippen LogP contribution in [0, 0.1) is 0 Å². The maximum Gasteiger partial charge on any atom is 0.233 e. The van der Waals surface area contributed by atoms with Crippen LogP contribution in [-0.4, -0.2) is 4.98 Å². The number of nitrogens with zero attached hydrogens (tertiary/aromatic N) is 2.